The molecule has 23 atom stereocenters. The second-order valence-corrected chi connectivity index (χ2v) is 17.0. The molecule has 33 nitrogen and oxygen atoms in total. The van der Waals surface area contributed by atoms with Crippen LogP contribution in [-0.2, 0) is 61.9 Å². The van der Waals surface area contributed by atoms with Crippen molar-refractivity contribution in [2.75, 3.05) is 46.2 Å². The molecule has 0 spiro atoms. The highest BCUT2D eigenvalue weighted by Gasteiger charge is 2.62. The summed E-state index contributed by atoms with van der Waals surface area (Å²) in [6, 6.07) is -4.79. The smallest absolute Gasteiger partial charge is 0.364 e. The minimum Gasteiger partial charge on any atom is -0.477 e. The Morgan fingerprint density at radius 2 is 1.25 bits per heavy atom. The third kappa shape index (κ3) is 13.6. The van der Waals surface area contributed by atoms with Crippen molar-refractivity contribution < 1.29 is 149 Å². The van der Waals surface area contributed by atoms with Gasteiger partial charge in [-0.15, -0.1) is 0 Å². The van der Waals surface area contributed by atoms with Gasteiger partial charge in [0.25, 0.3) is 11.6 Å². The molecule has 4 saturated heterocycles. The lowest BCUT2D eigenvalue weighted by molar-refractivity contribution is -0.388. The van der Waals surface area contributed by atoms with Crippen molar-refractivity contribution in [3.63, 3.8) is 0 Å². The number of nitrogens with one attached hydrogen (secondary N) is 3. The number of carbonyl (C=O) groups is 5. The zero-order valence-electron chi connectivity index (χ0n) is 37.5. The summed E-state index contributed by atoms with van der Waals surface area (Å²) in [6.45, 7) is -6.24. The van der Waals surface area contributed by atoms with E-state index in [2.05, 4.69) is 10.6 Å². The molecule has 71 heavy (non-hydrogen) atoms. The van der Waals surface area contributed by atoms with Gasteiger partial charge in [-0.1, -0.05) is 0 Å². The molecule has 0 aromatic carbocycles. The van der Waals surface area contributed by atoms with Gasteiger partial charge in [0.15, 0.2) is 12.6 Å². The summed E-state index contributed by atoms with van der Waals surface area (Å²) in [5.41, 5.74) is 0. The van der Waals surface area contributed by atoms with Gasteiger partial charge >= 0.3 is 11.9 Å². The summed E-state index contributed by atoms with van der Waals surface area (Å²) in [7, 11) is 0. The van der Waals surface area contributed by atoms with Crippen LogP contribution < -0.4 is 16.0 Å². The van der Waals surface area contributed by atoms with Crippen LogP contribution in [0.1, 0.15) is 19.8 Å². The number of hydrogen-bond acceptors (Lipinski definition) is 28. The highest BCUT2D eigenvalue weighted by atomic mass is 16.8. The Bertz CT molecular complexity index is 1760. The van der Waals surface area contributed by atoms with E-state index in [0.29, 0.717) is 0 Å². The number of aliphatic hydroxyl groups excluding tert-OH is 15. The first-order valence-corrected chi connectivity index (χ1v) is 21.7. The molecule has 0 aromatic heterocycles. The molecule has 4 aliphatic rings. The molecule has 4 rings (SSSR count). The Balaban J connectivity index is 1.68. The number of amides is 3. The predicted octanol–water partition coefficient (Wildman–Crippen LogP) is -12.9. The van der Waals surface area contributed by atoms with Gasteiger partial charge in [0.2, 0.25) is 18.2 Å². The van der Waals surface area contributed by atoms with Gasteiger partial charge in [0, 0.05) is 19.8 Å². The Kier molecular flexibility index (Phi) is 22.0. The Hall–Kier alpha value is -3.57. The molecule has 3 amide bonds. The first-order valence-electron chi connectivity index (χ1n) is 21.7. The number of carbonyl (C=O) groups excluding carboxylic acids is 3. The van der Waals surface area contributed by atoms with Gasteiger partial charge in [0.1, 0.15) is 92.1 Å². The van der Waals surface area contributed by atoms with Crippen molar-refractivity contribution in [1.82, 2.24) is 16.0 Å². The van der Waals surface area contributed by atoms with Gasteiger partial charge in [-0.2, -0.15) is 0 Å². The third-order valence-electron chi connectivity index (χ3n) is 12.0. The van der Waals surface area contributed by atoms with Crippen LogP contribution in [0.2, 0.25) is 0 Å². The van der Waals surface area contributed by atoms with Gasteiger partial charge in [-0.25, -0.2) is 9.59 Å². The zero-order chi connectivity index (χ0) is 53.3. The largest absolute Gasteiger partial charge is 0.477 e. The molecule has 4 heterocycles. The van der Waals surface area contributed by atoms with E-state index in [0.717, 1.165) is 6.92 Å². The SMILES string of the molecule is CC(=O)N[C@H]1[C@H]([C@H](O)[C@@H](CO)O[C@]2(C(=O)O)C[C@H](O)[C@@H](NC(=O)CO)[C@H]([C@H](O)[C@H](O)CO)O2)O[C@@](O[C@H]2[C@@H](O)[C@@H](CO)O[C@@H](O[C@H]3[C@H](O)[C@@H](O)[C@H](OC[C@@H](CO)NC=O)O[C@@H]3CO)[C@@H]2O)(C(=O)O)C[C@@H]1O. The minimum absolute atomic E-state index is 0.245. The summed E-state index contributed by atoms with van der Waals surface area (Å²) in [4.78, 5) is 61.5. The normalized spacial score (nSPS) is 39.8. The van der Waals surface area contributed by atoms with Crippen molar-refractivity contribution >= 4 is 30.2 Å². The van der Waals surface area contributed by atoms with Crippen molar-refractivity contribution in [2.24, 2.45) is 0 Å². The molecule has 410 valence electrons. The van der Waals surface area contributed by atoms with E-state index in [1.165, 1.54) is 0 Å². The van der Waals surface area contributed by atoms with Crippen LogP contribution in [0.25, 0.3) is 0 Å². The minimum atomic E-state index is -3.39. The Morgan fingerprint density at radius 1 is 0.690 bits per heavy atom. The van der Waals surface area contributed by atoms with E-state index in [1.807, 2.05) is 5.32 Å². The molecule has 0 aromatic rings. The van der Waals surface area contributed by atoms with Gasteiger partial charge < -0.3 is 141 Å². The second-order valence-electron chi connectivity index (χ2n) is 17.0. The van der Waals surface area contributed by atoms with Gasteiger partial charge in [-0.3, -0.25) is 14.4 Å². The molecule has 0 radical (unpaired) electrons. The maximum atomic E-state index is 13.3. The average Bonchev–Trinajstić information content (AvgIpc) is 3.33. The van der Waals surface area contributed by atoms with Crippen LogP contribution in [-0.4, -0.2) is 303 Å². The summed E-state index contributed by atoms with van der Waals surface area (Å²) in [5, 5.41) is 187. The third-order valence-corrected chi connectivity index (χ3v) is 12.0. The first kappa shape index (κ1) is 60.0. The van der Waals surface area contributed by atoms with Crippen LogP contribution in [0.3, 0.4) is 0 Å². The fourth-order valence-electron chi connectivity index (χ4n) is 8.34. The van der Waals surface area contributed by atoms with E-state index in [1.54, 1.807) is 0 Å². The molecule has 0 saturated carbocycles. The summed E-state index contributed by atoms with van der Waals surface area (Å²) in [5.74, 6) is -13.3. The van der Waals surface area contributed by atoms with E-state index < -0.39 is 223 Å². The van der Waals surface area contributed by atoms with Crippen LogP contribution in [0.5, 0.6) is 0 Å². The van der Waals surface area contributed by atoms with Crippen LogP contribution in [0, 0.1) is 0 Å². The topological polar surface area (TPSA) is 539 Å². The molecule has 0 aliphatic carbocycles. The van der Waals surface area contributed by atoms with E-state index in [4.69, 9.17) is 37.9 Å². The molecule has 4 aliphatic heterocycles. The van der Waals surface area contributed by atoms with Crippen molar-refractivity contribution in [2.45, 2.75) is 160 Å². The molecular weight excluding hydrogens is 978 g/mol. The summed E-state index contributed by atoms with van der Waals surface area (Å²) < 4.78 is 44.5. The number of aliphatic carboxylic acids is 2. The van der Waals surface area contributed by atoms with E-state index in [9.17, 15) is 111 Å². The van der Waals surface area contributed by atoms with Crippen molar-refractivity contribution in [1.29, 1.82) is 0 Å². The lowest BCUT2D eigenvalue weighted by Crippen LogP contribution is -2.72. The molecule has 4 fully saturated rings. The molecule has 0 bridgehead atoms. The summed E-state index contributed by atoms with van der Waals surface area (Å²) in [6.07, 6.45) is -41.3. The number of aliphatic hydroxyl groups is 15. The molecule has 20 N–H and O–H groups in total. The van der Waals surface area contributed by atoms with Crippen molar-refractivity contribution in [3.05, 3.63) is 0 Å². The van der Waals surface area contributed by atoms with E-state index in [-0.39, 0.29) is 6.41 Å². The Labute approximate surface area is 400 Å². The van der Waals surface area contributed by atoms with Crippen LogP contribution in [0.15, 0.2) is 0 Å². The standard InChI is InChI=1S/C38H63N3O30/c1-12(49)40-21-14(50)3-38(36(62)63,70-31(21)25(56)18(7-45)68-37(35(60)61)2-15(51)22(41-20(53)9-47)30(69-37)23(54)16(52)5-43)71-32-24(55)17(6-44)65-34(28(32)59)67-29-19(8-46)66-33(27(58)26(29)57)64-10-13(4-42)39-11-48/h11,13-19,21-34,42-47,50-52,54-59H,2-10H2,1H3,(H,39,48)(H,40,49)(H,41,53)(H,60,61)(H,62,63)/t13-,14+,15+,16-,17-,18-,19-,21-,22-,23-,24+,25-,26-,27-,28-,29-,30-,31-,32+,33-,34+,37-,38+/m1/s1. The lowest BCUT2D eigenvalue weighted by Gasteiger charge is -2.51. The van der Waals surface area contributed by atoms with Crippen LogP contribution >= 0.6 is 0 Å². The van der Waals surface area contributed by atoms with E-state index >= 15 is 0 Å². The molecule has 33 heteroatoms. The number of hydrogen-bond donors (Lipinski definition) is 20. The monoisotopic (exact) mass is 1040 g/mol. The van der Waals surface area contributed by atoms with Gasteiger partial charge in [-0.05, 0) is 0 Å². The maximum Gasteiger partial charge on any atom is 0.364 e. The Morgan fingerprint density at radius 3 is 1.77 bits per heavy atom. The lowest BCUT2D eigenvalue weighted by atomic mass is 9.87. The maximum absolute atomic E-state index is 13.3. The fraction of sp³-hybridized carbons (Fsp3) is 0.868. The van der Waals surface area contributed by atoms with Crippen molar-refractivity contribution in [3.8, 4) is 0 Å². The van der Waals surface area contributed by atoms with Crippen LogP contribution in [0.4, 0.5) is 0 Å². The second kappa shape index (κ2) is 26.1. The first-order chi connectivity index (χ1) is 33.4. The number of carboxylic acid groups (broad SMARTS) is 2. The highest BCUT2D eigenvalue weighted by molar-refractivity contribution is 5.78. The van der Waals surface area contributed by atoms with Gasteiger partial charge in [0.05, 0.1) is 70.0 Å². The summed E-state index contributed by atoms with van der Waals surface area (Å²) >= 11 is 0. The zero-order valence-corrected chi connectivity index (χ0v) is 37.5. The number of ether oxygens (including phenoxy) is 8. The quantitative estimate of drug-likeness (QED) is 0.0378. The average molecular weight is 1040 g/mol. The predicted molar refractivity (Wildman–Crippen MR) is 217 cm³/mol. The molecular formula is C38H63N3O30. The number of rotatable bonds is 25. The molecule has 0 unspecified atom stereocenters. The highest BCUT2D eigenvalue weighted by Crippen LogP contribution is 2.40. The fourth-order valence-corrected chi connectivity index (χ4v) is 8.34. The number of carboxylic acids is 2.